The summed E-state index contributed by atoms with van der Waals surface area (Å²) in [6.07, 6.45) is -0.980. The number of carbonyl (C=O) groups excluding carboxylic acids is 5. The summed E-state index contributed by atoms with van der Waals surface area (Å²) in [6.45, 7) is 16.0. The monoisotopic (exact) mass is 777 g/mol. The van der Waals surface area contributed by atoms with Crippen molar-refractivity contribution in [3.63, 3.8) is 0 Å². The van der Waals surface area contributed by atoms with Gasteiger partial charge in [-0.2, -0.15) is 0 Å². The van der Waals surface area contributed by atoms with Gasteiger partial charge in [0.25, 0.3) is 0 Å². The third-order valence-electron chi connectivity index (χ3n) is 9.44. The maximum absolute atomic E-state index is 14.0. The lowest BCUT2D eigenvalue weighted by Crippen LogP contribution is -2.58. The van der Waals surface area contributed by atoms with Gasteiger partial charge in [0, 0.05) is 19.3 Å². The van der Waals surface area contributed by atoms with E-state index in [1.165, 1.54) is 19.1 Å². The highest BCUT2D eigenvalue weighted by molar-refractivity contribution is 5.92. The number of phenolic OH excluding ortho intramolecular Hbond substituents is 1. The molecule has 0 radical (unpaired) electrons. The first kappa shape index (κ1) is 48.8. The van der Waals surface area contributed by atoms with Gasteiger partial charge >= 0.3 is 5.97 Å². The predicted octanol–water partition coefficient (Wildman–Crippen LogP) is 2.54. The number of hydrogen-bond acceptors (Lipinski definition) is 9. The van der Waals surface area contributed by atoms with Gasteiger partial charge in [0.05, 0.1) is 30.7 Å². The zero-order valence-corrected chi connectivity index (χ0v) is 34.1. The summed E-state index contributed by atoms with van der Waals surface area (Å²) in [4.78, 5) is 77.0. The average molecular weight is 778 g/mol. The molecule has 0 saturated heterocycles. The van der Waals surface area contributed by atoms with E-state index in [2.05, 4.69) is 26.6 Å². The summed E-state index contributed by atoms with van der Waals surface area (Å²) in [5, 5.41) is 54.2. The van der Waals surface area contributed by atoms with Crippen molar-refractivity contribution >= 4 is 35.5 Å². The van der Waals surface area contributed by atoms with Gasteiger partial charge in [-0.05, 0) is 74.5 Å². The van der Waals surface area contributed by atoms with Crippen molar-refractivity contribution in [1.82, 2.24) is 26.6 Å². The molecule has 1 rings (SSSR count). The number of aromatic hydroxyl groups is 1. The van der Waals surface area contributed by atoms with Crippen LogP contribution in [0.2, 0.25) is 0 Å². The van der Waals surface area contributed by atoms with Crippen molar-refractivity contribution in [1.29, 1.82) is 0 Å². The summed E-state index contributed by atoms with van der Waals surface area (Å²) in [5.74, 6) is -4.08. The van der Waals surface area contributed by atoms with Gasteiger partial charge in [0.2, 0.25) is 29.5 Å². The lowest BCUT2D eigenvalue weighted by molar-refractivity contribution is -0.140. The minimum absolute atomic E-state index is 0.0276. The molecular weight excluding hydrogens is 710 g/mol. The molecule has 9 N–H and O–H groups in total. The number of amides is 5. The zero-order valence-electron chi connectivity index (χ0n) is 34.1. The SMILES string of the molecule is CCC(=O)N[C@@H](C)C(=O)N[C@@H](C[C@H](C)CCC(C)[C@H](NC(=O)[C@H](Cc1ccc(O)cc1)NC(=O)CC(C)C)C(=O)N[C@@H](CC(C)C)[C@H](C)O)[C@@H](O)CC(=O)O. The van der Waals surface area contributed by atoms with Crippen LogP contribution in [0.4, 0.5) is 0 Å². The van der Waals surface area contributed by atoms with Crippen LogP contribution in [0.3, 0.4) is 0 Å². The lowest BCUT2D eigenvalue weighted by atomic mass is 9.87. The van der Waals surface area contributed by atoms with Crippen LogP contribution in [0.15, 0.2) is 24.3 Å². The fourth-order valence-corrected chi connectivity index (χ4v) is 6.19. The van der Waals surface area contributed by atoms with E-state index in [-0.39, 0.29) is 61.0 Å². The number of aliphatic hydroxyl groups excluding tert-OH is 2. The number of phenols is 1. The van der Waals surface area contributed by atoms with Gasteiger partial charge in [-0.15, -0.1) is 0 Å². The van der Waals surface area contributed by atoms with Crippen LogP contribution in [-0.4, -0.2) is 98.3 Å². The van der Waals surface area contributed by atoms with Crippen molar-refractivity contribution < 1.29 is 49.2 Å². The van der Waals surface area contributed by atoms with Crippen LogP contribution in [0.1, 0.15) is 113 Å². The average Bonchev–Trinajstić information content (AvgIpc) is 3.08. The van der Waals surface area contributed by atoms with E-state index < -0.39 is 78.4 Å². The van der Waals surface area contributed by atoms with Crippen LogP contribution in [0.25, 0.3) is 0 Å². The Labute approximate surface area is 326 Å². The third-order valence-corrected chi connectivity index (χ3v) is 9.44. The molecule has 0 aliphatic heterocycles. The number of carboxylic acids is 1. The number of benzene rings is 1. The number of hydrogen-bond donors (Lipinski definition) is 9. The molecule has 0 heterocycles. The van der Waals surface area contributed by atoms with Gasteiger partial charge in [-0.25, -0.2) is 0 Å². The largest absolute Gasteiger partial charge is 0.508 e. The third kappa shape index (κ3) is 19.3. The Hall–Kier alpha value is -4.24. The van der Waals surface area contributed by atoms with E-state index in [1.807, 2.05) is 34.6 Å². The van der Waals surface area contributed by atoms with Crippen molar-refractivity contribution in [3.8, 4) is 5.75 Å². The van der Waals surface area contributed by atoms with Gasteiger partial charge in [0.15, 0.2) is 0 Å². The molecule has 0 fully saturated rings. The molecule has 1 aromatic rings. The topological polar surface area (TPSA) is 243 Å². The normalized spacial score (nSPS) is 16.4. The van der Waals surface area contributed by atoms with E-state index in [1.54, 1.807) is 32.9 Å². The molecule has 5 amide bonds. The molecule has 9 atom stereocenters. The Morgan fingerprint density at radius 2 is 1.25 bits per heavy atom. The van der Waals surface area contributed by atoms with Gasteiger partial charge in [-0.1, -0.05) is 67.0 Å². The number of nitrogens with one attached hydrogen (secondary N) is 5. The lowest BCUT2D eigenvalue weighted by Gasteiger charge is -2.31. The van der Waals surface area contributed by atoms with E-state index >= 15 is 0 Å². The first-order chi connectivity index (χ1) is 25.6. The molecule has 15 nitrogen and oxygen atoms in total. The summed E-state index contributed by atoms with van der Waals surface area (Å²) in [7, 11) is 0. The molecule has 1 unspecified atom stereocenters. The number of rotatable bonds is 25. The molecule has 0 aromatic heterocycles. The molecule has 1 aromatic carbocycles. The summed E-state index contributed by atoms with van der Waals surface area (Å²) in [5.41, 5.74) is 0.672. The number of aliphatic carboxylic acids is 1. The zero-order chi connectivity index (χ0) is 42.0. The first-order valence-electron chi connectivity index (χ1n) is 19.5. The second-order valence-electron chi connectivity index (χ2n) is 15.9. The van der Waals surface area contributed by atoms with Crippen molar-refractivity contribution in [2.24, 2.45) is 23.7 Å². The summed E-state index contributed by atoms with van der Waals surface area (Å²) >= 11 is 0. The van der Waals surface area contributed by atoms with Gasteiger partial charge in [0.1, 0.15) is 23.9 Å². The molecule has 0 aliphatic carbocycles. The maximum atomic E-state index is 14.0. The first-order valence-corrected chi connectivity index (χ1v) is 19.5. The Bertz CT molecular complexity index is 1390. The molecule has 0 saturated carbocycles. The molecule has 0 bridgehead atoms. The van der Waals surface area contributed by atoms with Crippen molar-refractivity contribution in [3.05, 3.63) is 29.8 Å². The number of carboxylic acid groups (broad SMARTS) is 1. The maximum Gasteiger partial charge on any atom is 0.306 e. The highest BCUT2D eigenvalue weighted by Crippen LogP contribution is 2.22. The molecule has 0 aliphatic rings. The van der Waals surface area contributed by atoms with E-state index in [9.17, 15) is 49.2 Å². The summed E-state index contributed by atoms with van der Waals surface area (Å²) < 4.78 is 0. The predicted molar refractivity (Wildman–Crippen MR) is 208 cm³/mol. The van der Waals surface area contributed by atoms with Crippen LogP contribution >= 0.6 is 0 Å². The fourth-order valence-electron chi connectivity index (χ4n) is 6.19. The minimum atomic E-state index is -1.41. The van der Waals surface area contributed by atoms with Crippen LogP contribution in [-0.2, 0) is 35.2 Å². The van der Waals surface area contributed by atoms with Crippen LogP contribution in [0.5, 0.6) is 5.75 Å². The number of carbonyl (C=O) groups is 6. The molecular formula is C40H67N5O10. The summed E-state index contributed by atoms with van der Waals surface area (Å²) in [6, 6.07) is 1.63. The second-order valence-corrected chi connectivity index (χ2v) is 15.9. The van der Waals surface area contributed by atoms with Crippen molar-refractivity contribution in [2.75, 3.05) is 0 Å². The Kier molecular flexibility index (Phi) is 21.6. The fraction of sp³-hybridized carbons (Fsp3) is 0.700. The molecule has 15 heteroatoms. The molecule has 312 valence electrons. The van der Waals surface area contributed by atoms with Crippen LogP contribution < -0.4 is 26.6 Å². The van der Waals surface area contributed by atoms with E-state index in [4.69, 9.17) is 0 Å². The highest BCUT2D eigenvalue weighted by Gasteiger charge is 2.34. The quantitative estimate of drug-likeness (QED) is 0.0703. The number of aliphatic hydroxyl groups is 2. The highest BCUT2D eigenvalue weighted by atomic mass is 16.4. The Balaban J connectivity index is 3.34. The standard InChI is InChI=1S/C40H67N5O10/c1-10-34(49)41-26(8)38(53)44-31(33(48)21-36(51)52)19-24(6)11-12-25(7)37(40(55)43-30(27(9)46)17-22(2)3)45-39(54)32(42-35(50)18-23(4)5)20-28-13-15-29(47)16-14-28/h13-16,22-27,30-33,37,46-48H,10-12,17-21H2,1-9H3,(H,41,49)(H,42,50)(H,43,55)(H,44,53)(H,45,54)(H,51,52)/t24-,25?,26+,27+,30+,31+,32+,33+,37+/m1/s1. The molecule has 0 spiro atoms. The van der Waals surface area contributed by atoms with Crippen LogP contribution in [0, 0.1) is 23.7 Å². The Morgan fingerprint density at radius 3 is 1.78 bits per heavy atom. The van der Waals surface area contributed by atoms with Gasteiger partial charge < -0.3 is 47.0 Å². The smallest absolute Gasteiger partial charge is 0.306 e. The minimum Gasteiger partial charge on any atom is -0.508 e. The van der Waals surface area contributed by atoms with E-state index in [0.29, 0.717) is 24.8 Å². The van der Waals surface area contributed by atoms with Crippen molar-refractivity contribution in [2.45, 2.75) is 156 Å². The van der Waals surface area contributed by atoms with Gasteiger partial charge in [-0.3, -0.25) is 28.8 Å². The molecule has 55 heavy (non-hydrogen) atoms. The van der Waals surface area contributed by atoms with E-state index in [0.717, 1.165) is 0 Å². The second kappa shape index (κ2) is 24.3. The Morgan fingerprint density at radius 1 is 0.655 bits per heavy atom.